The number of nitrogens with zero attached hydrogens (tertiary/aromatic N) is 4. The summed E-state index contributed by atoms with van der Waals surface area (Å²) in [6.07, 6.45) is 4.40. The van der Waals surface area contributed by atoms with Gasteiger partial charge in [-0.15, -0.1) is 0 Å². The molecule has 4 rings (SSSR count). The van der Waals surface area contributed by atoms with Gasteiger partial charge in [0.05, 0.1) is 11.4 Å². The van der Waals surface area contributed by atoms with Crippen LogP contribution in [0.3, 0.4) is 0 Å². The number of thiocarbonyl (C=S) groups is 1. The third-order valence-corrected chi connectivity index (χ3v) is 4.63. The lowest BCUT2D eigenvalue weighted by atomic mass is 9.91. The third kappa shape index (κ3) is 2.88. The summed E-state index contributed by atoms with van der Waals surface area (Å²) in [6.45, 7) is 3.65. The van der Waals surface area contributed by atoms with Crippen LogP contribution in [0.2, 0.25) is 0 Å². The van der Waals surface area contributed by atoms with Gasteiger partial charge in [0.15, 0.2) is 5.11 Å². The van der Waals surface area contributed by atoms with Gasteiger partial charge >= 0.3 is 0 Å². The molecule has 1 aliphatic carbocycles. The van der Waals surface area contributed by atoms with Crippen LogP contribution < -0.4 is 10.7 Å². The first-order valence-electron chi connectivity index (χ1n) is 8.05. The summed E-state index contributed by atoms with van der Waals surface area (Å²) in [5.41, 5.74) is 7.86. The number of pyridine rings is 2. The van der Waals surface area contributed by atoms with Gasteiger partial charge in [0.2, 0.25) is 0 Å². The van der Waals surface area contributed by atoms with Gasteiger partial charge in [-0.05, 0) is 35.5 Å². The molecule has 0 amide bonds. The van der Waals surface area contributed by atoms with E-state index >= 15 is 0 Å². The number of piperazine rings is 1. The van der Waals surface area contributed by atoms with E-state index in [4.69, 9.17) is 12.2 Å². The van der Waals surface area contributed by atoms with Crippen LogP contribution in [0.15, 0.2) is 41.8 Å². The van der Waals surface area contributed by atoms with Crippen LogP contribution in [-0.2, 0) is 6.42 Å². The summed E-state index contributed by atoms with van der Waals surface area (Å²) in [7, 11) is 0. The Morgan fingerprint density at radius 2 is 1.71 bits per heavy atom. The molecule has 122 valence electrons. The van der Waals surface area contributed by atoms with Crippen molar-refractivity contribution >= 4 is 23.0 Å². The highest BCUT2D eigenvalue weighted by atomic mass is 32.1. The molecular weight excluding hydrogens is 320 g/mol. The van der Waals surface area contributed by atoms with Crippen LogP contribution in [-0.4, -0.2) is 51.9 Å². The van der Waals surface area contributed by atoms with E-state index in [2.05, 4.69) is 42.8 Å². The number of nitrogens with one attached hydrogen (secondary N) is 2. The zero-order valence-corrected chi connectivity index (χ0v) is 14.0. The highest BCUT2D eigenvalue weighted by Gasteiger charge is 2.24. The van der Waals surface area contributed by atoms with E-state index in [1.54, 1.807) is 12.4 Å². The molecule has 0 unspecified atom stereocenters. The van der Waals surface area contributed by atoms with E-state index in [-0.39, 0.29) is 0 Å². The Morgan fingerprint density at radius 3 is 2.33 bits per heavy atom. The Morgan fingerprint density at radius 1 is 1.08 bits per heavy atom. The Labute approximate surface area is 146 Å². The van der Waals surface area contributed by atoms with E-state index in [9.17, 15) is 0 Å². The lowest BCUT2D eigenvalue weighted by molar-refractivity contribution is 0.353. The maximum Gasteiger partial charge on any atom is 0.189 e. The molecule has 2 aromatic heterocycles. The van der Waals surface area contributed by atoms with E-state index < -0.39 is 0 Å². The molecule has 0 bridgehead atoms. The van der Waals surface area contributed by atoms with Crippen molar-refractivity contribution in [1.29, 1.82) is 0 Å². The second-order valence-corrected chi connectivity index (χ2v) is 6.20. The van der Waals surface area contributed by atoms with Gasteiger partial charge in [-0.3, -0.25) is 15.4 Å². The predicted octanol–water partition coefficient (Wildman–Crippen LogP) is 0.913. The Balaban J connectivity index is 1.65. The van der Waals surface area contributed by atoms with Crippen LogP contribution in [0.1, 0.15) is 22.5 Å². The van der Waals surface area contributed by atoms with Gasteiger partial charge in [0.1, 0.15) is 5.71 Å². The van der Waals surface area contributed by atoms with Crippen molar-refractivity contribution in [2.45, 2.75) is 6.42 Å². The maximum atomic E-state index is 5.48. The fourth-order valence-corrected chi connectivity index (χ4v) is 3.28. The lowest BCUT2D eigenvalue weighted by Crippen LogP contribution is -2.49. The lowest BCUT2D eigenvalue weighted by Gasteiger charge is -2.29. The van der Waals surface area contributed by atoms with E-state index in [1.165, 1.54) is 0 Å². The highest BCUT2D eigenvalue weighted by Crippen LogP contribution is 2.24. The molecule has 2 aromatic rings. The number of hydrazone groups is 1. The second-order valence-electron chi connectivity index (χ2n) is 5.81. The van der Waals surface area contributed by atoms with Gasteiger partial charge in [0, 0.05) is 45.0 Å². The smallest absolute Gasteiger partial charge is 0.189 e. The summed E-state index contributed by atoms with van der Waals surface area (Å²) >= 11 is 5.48. The minimum absolute atomic E-state index is 0.643. The van der Waals surface area contributed by atoms with Crippen molar-refractivity contribution < 1.29 is 0 Å². The van der Waals surface area contributed by atoms with Crippen molar-refractivity contribution in [3.8, 4) is 0 Å². The second kappa shape index (κ2) is 6.62. The molecule has 1 aliphatic heterocycles. The average Bonchev–Trinajstić information content (AvgIpc) is 2.65. The molecule has 1 fully saturated rings. The summed E-state index contributed by atoms with van der Waals surface area (Å²) in [5.74, 6) is 0. The normalized spacial score (nSPS) is 16.2. The molecular formula is C17H18N6S. The maximum absolute atomic E-state index is 5.48. The topological polar surface area (TPSA) is 65.4 Å². The molecule has 2 N–H and O–H groups in total. The molecule has 3 heterocycles. The Bertz CT molecular complexity index is 750. The quantitative estimate of drug-likeness (QED) is 0.508. The van der Waals surface area contributed by atoms with E-state index in [0.717, 1.165) is 60.8 Å². The molecule has 0 atom stereocenters. The summed E-state index contributed by atoms with van der Waals surface area (Å²) < 4.78 is 0. The molecule has 0 aromatic carbocycles. The minimum Gasteiger partial charge on any atom is -0.345 e. The van der Waals surface area contributed by atoms with Crippen LogP contribution in [0.5, 0.6) is 0 Å². The van der Waals surface area contributed by atoms with Crippen molar-refractivity contribution in [3.05, 3.63) is 59.2 Å². The number of hydrogen-bond donors (Lipinski definition) is 2. The van der Waals surface area contributed by atoms with Crippen LogP contribution >= 0.6 is 12.2 Å². The highest BCUT2D eigenvalue weighted by molar-refractivity contribution is 7.80. The van der Waals surface area contributed by atoms with Gasteiger partial charge in [-0.1, -0.05) is 12.1 Å². The molecule has 6 nitrogen and oxygen atoms in total. The molecule has 24 heavy (non-hydrogen) atoms. The monoisotopic (exact) mass is 338 g/mol. The first-order chi connectivity index (χ1) is 11.8. The standard InChI is InChI=1S/C17H18N6S/c24-17(23-9-7-18-8-10-23)22-21-16-14-12(3-1-5-19-14)11-13-4-2-6-20-15(13)16/h1-6,18H,7-11H2,(H,22,24). The van der Waals surface area contributed by atoms with Crippen molar-refractivity contribution in [2.75, 3.05) is 26.2 Å². The Hall–Kier alpha value is -2.38. The number of aromatic nitrogens is 2. The summed E-state index contributed by atoms with van der Waals surface area (Å²) in [6, 6.07) is 8.08. The molecule has 7 heteroatoms. The van der Waals surface area contributed by atoms with Crippen molar-refractivity contribution in [2.24, 2.45) is 5.10 Å². The Kier molecular flexibility index (Phi) is 4.18. The summed E-state index contributed by atoms with van der Waals surface area (Å²) in [4.78, 5) is 11.1. The van der Waals surface area contributed by atoms with E-state index in [1.807, 2.05) is 12.1 Å². The first-order valence-corrected chi connectivity index (χ1v) is 8.45. The fraction of sp³-hybridized carbons (Fsp3) is 0.294. The van der Waals surface area contributed by atoms with Gasteiger partial charge in [-0.25, -0.2) is 0 Å². The average molecular weight is 338 g/mol. The number of rotatable bonds is 1. The van der Waals surface area contributed by atoms with Crippen molar-refractivity contribution in [1.82, 2.24) is 25.6 Å². The molecule has 0 radical (unpaired) electrons. The van der Waals surface area contributed by atoms with Gasteiger partial charge < -0.3 is 10.2 Å². The van der Waals surface area contributed by atoms with Gasteiger partial charge in [-0.2, -0.15) is 5.10 Å². The third-order valence-electron chi connectivity index (χ3n) is 4.28. The largest absolute Gasteiger partial charge is 0.345 e. The predicted molar refractivity (Wildman–Crippen MR) is 97.1 cm³/mol. The molecule has 2 aliphatic rings. The SMILES string of the molecule is S=C(NN=C1c2ncccc2Cc2cccnc21)N1CCNCC1. The van der Waals surface area contributed by atoms with Crippen molar-refractivity contribution in [3.63, 3.8) is 0 Å². The number of fused-ring (bicyclic) bond motifs is 2. The first kappa shape index (κ1) is 15.2. The van der Waals surface area contributed by atoms with Crippen LogP contribution in [0, 0.1) is 0 Å². The fourth-order valence-electron chi connectivity index (χ4n) is 3.05. The van der Waals surface area contributed by atoms with Gasteiger partial charge in [0.25, 0.3) is 0 Å². The van der Waals surface area contributed by atoms with Crippen LogP contribution in [0.4, 0.5) is 0 Å². The number of hydrogen-bond acceptors (Lipinski definition) is 5. The summed E-state index contributed by atoms with van der Waals surface area (Å²) in [5, 5.41) is 8.54. The molecule has 0 spiro atoms. The zero-order valence-electron chi connectivity index (χ0n) is 13.2. The zero-order chi connectivity index (χ0) is 16.4. The van der Waals surface area contributed by atoms with E-state index in [0.29, 0.717) is 5.11 Å². The van der Waals surface area contributed by atoms with Crippen LogP contribution in [0.25, 0.3) is 0 Å². The molecule has 0 saturated carbocycles. The molecule has 1 saturated heterocycles. The minimum atomic E-state index is 0.643.